The SMILES string of the molecule is O=C(CCC(=O)Nc1cccc(Br)c1)N/N=C\c1c(Cl)cccc1Cl. The normalized spacial score (nSPS) is 10.7. The van der Waals surface area contributed by atoms with E-state index in [1.807, 2.05) is 6.07 Å². The van der Waals surface area contributed by atoms with E-state index in [9.17, 15) is 9.59 Å². The van der Waals surface area contributed by atoms with Crippen molar-refractivity contribution in [2.75, 3.05) is 5.32 Å². The number of anilines is 1. The molecular weight excluding hydrogens is 429 g/mol. The zero-order valence-electron chi connectivity index (χ0n) is 12.9. The maximum absolute atomic E-state index is 11.8. The first-order valence-corrected chi connectivity index (χ1v) is 8.82. The molecule has 0 heterocycles. The van der Waals surface area contributed by atoms with Crippen LogP contribution in [0.1, 0.15) is 18.4 Å². The Bertz CT molecular complexity index is 792. The molecule has 5 nitrogen and oxygen atoms in total. The Balaban J connectivity index is 1.78. The first kappa shape index (κ1) is 19.4. The van der Waals surface area contributed by atoms with Crippen molar-refractivity contribution in [1.29, 1.82) is 0 Å². The molecule has 8 heteroatoms. The van der Waals surface area contributed by atoms with Gasteiger partial charge in [0.15, 0.2) is 0 Å². The number of amides is 2. The summed E-state index contributed by atoms with van der Waals surface area (Å²) in [5.74, 6) is -0.643. The first-order valence-electron chi connectivity index (χ1n) is 7.27. The minimum Gasteiger partial charge on any atom is -0.326 e. The van der Waals surface area contributed by atoms with E-state index in [2.05, 4.69) is 31.8 Å². The second-order valence-corrected chi connectivity index (χ2v) is 6.72. The van der Waals surface area contributed by atoms with Crippen molar-refractivity contribution in [1.82, 2.24) is 5.43 Å². The number of rotatable bonds is 6. The van der Waals surface area contributed by atoms with Crippen molar-refractivity contribution >= 4 is 62.8 Å². The quantitative estimate of drug-likeness (QED) is 0.505. The number of benzene rings is 2. The molecule has 0 radical (unpaired) electrons. The summed E-state index contributed by atoms with van der Waals surface area (Å²) in [6, 6.07) is 12.2. The third-order valence-electron chi connectivity index (χ3n) is 3.07. The summed E-state index contributed by atoms with van der Waals surface area (Å²) in [5.41, 5.74) is 3.51. The van der Waals surface area contributed by atoms with Gasteiger partial charge < -0.3 is 5.32 Å². The molecular formula is C17H14BrCl2N3O2. The van der Waals surface area contributed by atoms with Crippen LogP contribution in [0.15, 0.2) is 52.0 Å². The van der Waals surface area contributed by atoms with Gasteiger partial charge in [0.2, 0.25) is 11.8 Å². The van der Waals surface area contributed by atoms with Crippen molar-refractivity contribution in [2.24, 2.45) is 5.10 Å². The van der Waals surface area contributed by atoms with Crippen molar-refractivity contribution in [3.8, 4) is 0 Å². The van der Waals surface area contributed by atoms with Gasteiger partial charge in [0.05, 0.1) is 16.3 Å². The van der Waals surface area contributed by atoms with Crippen LogP contribution >= 0.6 is 39.1 Å². The van der Waals surface area contributed by atoms with Crippen LogP contribution in [0.4, 0.5) is 5.69 Å². The monoisotopic (exact) mass is 441 g/mol. The molecule has 0 spiro atoms. The van der Waals surface area contributed by atoms with Gasteiger partial charge in [-0.25, -0.2) is 5.43 Å². The molecule has 0 saturated carbocycles. The Morgan fingerprint density at radius 3 is 2.36 bits per heavy atom. The summed E-state index contributed by atoms with van der Waals surface area (Å²) in [4.78, 5) is 23.6. The van der Waals surface area contributed by atoms with Gasteiger partial charge in [0.1, 0.15) is 0 Å². The van der Waals surface area contributed by atoms with Gasteiger partial charge in [0, 0.05) is 28.6 Å². The van der Waals surface area contributed by atoms with E-state index in [0.29, 0.717) is 21.3 Å². The molecule has 0 fully saturated rings. The van der Waals surface area contributed by atoms with Crippen LogP contribution in [-0.2, 0) is 9.59 Å². The Kier molecular flexibility index (Phi) is 7.43. The van der Waals surface area contributed by atoms with Crippen LogP contribution in [-0.4, -0.2) is 18.0 Å². The Labute approximate surface area is 163 Å². The van der Waals surface area contributed by atoms with Crippen molar-refractivity contribution < 1.29 is 9.59 Å². The maximum Gasteiger partial charge on any atom is 0.240 e. The fourth-order valence-electron chi connectivity index (χ4n) is 1.88. The number of hydrogen-bond donors (Lipinski definition) is 2. The van der Waals surface area contributed by atoms with Gasteiger partial charge >= 0.3 is 0 Å². The lowest BCUT2D eigenvalue weighted by Crippen LogP contribution is -2.20. The van der Waals surface area contributed by atoms with Gasteiger partial charge in [-0.3, -0.25) is 9.59 Å². The first-order chi connectivity index (χ1) is 12.0. The fraction of sp³-hybridized carbons (Fsp3) is 0.118. The highest BCUT2D eigenvalue weighted by Gasteiger charge is 2.07. The molecule has 0 unspecified atom stereocenters. The van der Waals surface area contributed by atoms with Crippen LogP contribution in [0, 0.1) is 0 Å². The summed E-state index contributed by atoms with van der Waals surface area (Å²) in [6.07, 6.45) is 1.41. The number of hydrazone groups is 1. The smallest absolute Gasteiger partial charge is 0.240 e. The summed E-state index contributed by atoms with van der Waals surface area (Å²) in [7, 11) is 0. The van der Waals surface area contributed by atoms with Gasteiger partial charge in [-0.1, -0.05) is 51.3 Å². The van der Waals surface area contributed by atoms with Crippen molar-refractivity contribution in [3.63, 3.8) is 0 Å². The largest absolute Gasteiger partial charge is 0.326 e. The van der Waals surface area contributed by atoms with Crippen LogP contribution in [0.5, 0.6) is 0 Å². The third-order valence-corrected chi connectivity index (χ3v) is 4.22. The number of carbonyl (C=O) groups is 2. The van der Waals surface area contributed by atoms with E-state index in [4.69, 9.17) is 23.2 Å². The average Bonchev–Trinajstić information content (AvgIpc) is 2.56. The minimum atomic E-state index is -0.385. The zero-order chi connectivity index (χ0) is 18.2. The van der Waals surface area contributed by atoms with Gasteiger partial charge in [0.25, 0.3) is 0 Å². The Hall–Kier alpha value is -1.89. The molecule has 2 aromatic rings. The summed E-state index contributed by atoms with van der Waals surface area (Å²) < 4.78 is 0.857. The maximum atomic E-state index is 11.8. The molecule has 130 valence electrons. The molecule has 2 N–H and O–H groups in total. The van der Waals surface area contributed by atoms with Crippen LogP contribution < -0.4 is 10.7 Å². The van der Waals surface area contributed by atoms with Crippen LogP contribution in [0.25, 0.3) is 0 Å². The molecule has 2 amide bonds. The predicted octanol–water partition coefficient (Wildman–Crippen LogP) is 4.62. The van der Waals surface area contributed by atoms with E-state index in [1.54, 1.807) is 36.4 Å². The Morgan fingerprint density at radius 2 is 1.68 bits per heavy atom. The zero-order valence-corrected chi connectivity index (χ0v) is 16.0. The number of nitrogens with one attached hydrogen (secondary N) is 2. The summed E-state index contributed by atoms with van der Waals surface area (Å²) in [6.45, 7) is 0. The molecule has 0 aliphatic rings. The molecule has 0 aliphatic heterocycles. The minimum absolute atomic E-state index is 0.00737. The second-order valence-electron chi connectivity index (χ2n) is 4.99. The predicted molar refractivity (Wildman–Crippen MR) is 104 cm³/mol. The number of halogens is 3. The van der Waals surface area contributed by atoms with Gasteiger partial charge in [-0.05, 0) is 30.3 Å². The molecule has 0 aliphatic carbocycles. The van der Waals surface area contributed by atoms with E-state index in [0.717, 1.165) is 4.47 Å². The second kappa shape index (κ2) is 9.56. The number of nitrogens with zero attached hydrogens (tertiary/aromatic N) is 1. The summed E-state index contributed by atoms with van der Waals surface area (Å²) in [5, 5.41) is 7.38. The van der Waals surface area contributed by atoms with Crippen molar-refractivity contribution in [2.45, 2.75) is 12.8 Å². The molecule has 25 heavy (non-hydrogen) atoms. The molecule has 0 atom stereocenters. The molecule has 0 aromatic heterocycles. The number of hydrogen-bond acceptors (Lipinski definition) is 3. The standard InChI is InChI=1S/C17H14BrCl2N3O2/c18-11-3-1-4-12(9-11)22-16(24)7-8-17(25)23-21-10-13-14(19)5-2-6-15(13)20/h1-6,9-10H,7-8H2,(H,22,24)(H,23,25)/b21-10-. The summed E-state index contributed by atoms with van der Waals surface area (Å²) >= 11 is 15.3. The number of carbonyl (C=O) groups excluding carboxylic acids is 2. The third kappa shape index (κ3) is 6.49. The molecule has 0 saturated heterocycles. The highest BCUT2D eigenvalue weighted by molar-refractivity contribution is 9.10. The molecule has 0 bridgehead atoms. The fourth-order valence-corrected chi connectivity index (χ4v) is 2.77. The van der Waals surface area contributed by atoms with Crippen molar-refractivity contribution in [3.05, 3.63) is 62.5 Å². The van der Waals surface area contributed by atoms with Gasteiger partial charge in [-0.15, -0.1) is 0 Å². The van der Waals surface area contributed by atoms with E-state index in [-0.39, 0.29) is 24.7 Å². The average molecular weight is 443 g/mol. The lowest BCUT2D eigenvalue weighted by atomic mass is 10.2. The van der Waals surface area contributed by atoms with Gasteiger partial charge in [-0.2, -0.15) is 5.10 Å². The van der Waals surface area contributed by atoms with E-state index < -0.39 is 0 Å². The topological polar surface area (TPSA) is 70.6 Å². The van der Waals surface area contributed by atoms with Crippen LogP contribution in [0.3, 0.4) is 0 Å². The molecule has 2 aromatic carbocycles. The van der Waals surface area contributed by atoms with E-state index in [1.165, 1.54) is 6.21 Å². The lowest BCUT2D eigenvalue weighted by Gasteiger charge is -2.05. The van der Waals surface area contributed by atoms with E-state index >= 15 is 0 Å². The highest BCUT2D eigenvalue weighted by atomic mass is 79.9. The highest BCUT2D eigenvalue weighted by Crippen LogP contribution is 2.22. The lowest BCUT2D eigenvalue weighted by molar-refractivity contribution is -0.124. The Morgan fingerprint density at radius 1 is 1.04 bits per heavy atom. The molecule has 2 rings (SSSR count). The van der Waals surface area contributed by atoms with Crippen LogP contribution in [0.2, 0.25) is 10.0 Å².